The zero-order chi connectivity index (χ0) is 13.3. The van der Waals surface area contributed by atoms with Gasteiger partial charge in [0.1, 0.15) is 6.10 Å². The molecule has 0 aromatic carbocycles. The lowest BCUT2D eigenvalue weighted by molar-refractivity contribution is -0.163. The van der Waals surface area contributed by atoms with Crippen LogP contribution in [0.4, 0.5) is 0 Å². The molecule has 0 aromatic heterocycles. The lowest BCUT2D eigenvalue weighted by Gasteiger charge is -2.29. The minimum absolute atomic E-state index is 0.0892. The number of fused-ring (bicyclic) bond motifs is 1. The highest BCUT2D eigenvalue weighted by Gasteiger charge is 2.41. The van der Waals surface area contributed by atoms with Gasteiger partial charge in [0.15, 0.2) is 6.10 Å². The summed E-state index contributed by atoms with van der Waals surface area (Å²) in [6.07, 6.45) is 0.672. The lowest BCUT2D eigenvalue weighted by atomic mass is 9.86. The van der Waals surface area contributed by atoms with E-state index in [1.807, 2.05) is 0 Å². The second-order valence-corrected chi connectivity index (χ2v) is 4.38. The summed E-state index contributed by atoms with van der Waals surface area (Å²) in [6.45, 7) is 2.85. The smallest absolute Gasteiger partial charge is 0.334 e. The molecular formula is C12H14O6. The highest BCUT2D eigenvalue weighted by Crippen LogP contribution is 2.33. The van der Waals surface area contributed by atoms with Gasteiger partial charge in [-0.05, 0) is 12.5 Å². The Kier molecular flexibility index (Phi) is 3.36. The fourth-order valence-corrected chi connectivity index (χ4v) is 2.24. The Balaban J connectivity index is 2.20. The van der Waals surface area contributed by atoms with Crippen LogP contribution in [-0.2, 0) is 28.6 Å². The number of esters is 3. The van der Waals surface area contributed by atoms with Crippen molar-refractivity contribution in [1.82, 2.24) is 0 Å². The lowest BCUT2D eigenvalue weighted by Crippen LogP contribution is -2.38. The number of rotatable bonds is 2. The fraction of sp³-hybridized carbons (Fsp3) is 0.583. The summed E-state index contributed by atoms with van der Waals surface area (Å²) in [5.41, 5.74) is 0.504. The molecule has 1 fully saturated rings. The summed E-state index contributed by atoms with van der Waals surface area (Å²) in [6, 6.07) is 0. The molecule has 1 aliphatic heterocycles. The van der Waals surface area contributed by atoms with Gasteiger partial charge in [-0.25, -0.2) is 4.79 Å². The van der Waals surface area contributed by atoms with E-state index in [-0.39, 0.29) is 12.5 Å². The van der Waals surface area contributed by atoms with E-state index in [1.54, 1.807) is 0 Å². The highest BCUT2D eigenvalue weighted by molar-refractivity contribution is 5.91. The Bertz CT molecular complexity index is 424. The third-order valence-electron chi connectivity index (χ3n) is 2.94. The molecule has 6 heteroatoms. The molecule has 2 aliphatic rings. The molecule has 3 atom stereocenters. The third-order valence-corrected chi connectivity index (χ3v) is 2.94. The van der Waals surface area contributed by atoms with Gasteiger partial charge in [0, 0.05) is 25.3 Å². The van der Waals surface area contributed by atoms with Gasteiger partial charge in [-0.15, -0.1) is 0 Å². The third kappa shape index (κ3) is 2.52. The van der Waals surface area contributed by atoms with Gasteiger partial charge in [0.2, 0.25) is 0 Å². The molecule has 98 valence electrons. The van der Waals surface area contributed by atoms with Crippen LogP contribution >= 0.6 is 0 Å². The fourth-order valence-electron chi connectivity index (χ4n) is 2.24. The van der Waals surface area contributed by atoms with Gasteiger partial charge in [0.05, 0.1) is 6.61 Å². The molecule has 0 amide bonds. The second kappa shape index (κ2) is 4.80. The zero-order valence-corrected chi connectivity index (χ0v) is 10.2. The van der Waals surface area contributed by atoms with Crippen LogP contribution in [0.3, 0.4) is 0 Å². The van der Waals surface area contributed by atoms with Crippen LogP contribution in [0.1, 0.15) is 20.3 Å². The van der Waals surface area contributed by atoms with Gasteiger partial charge in [-0.2, -0.15) is 0 Å². The van der Waals surface area contributed by atoms with Crippen LogP contribution < -0.4 is 0 Å². The maximum Gasteiger partial charge on any atom is 0.334 e. The van der Waals surface area contributed by atoms with Crippen LogP contribution in [-0.4, -0.2) is 36.7 Å². The van der Waals surface area contributed by atoms with Crippen LogP contribution in [0, 0.1) is 5.92 Å². The zero-order valence-electron chi connectivity index (χ0n) is 10.2. The van der Waals surface area contributed by atoms with Crippen molar-refractivity contribution in [3.05, 3.63) is 11.6 Å². The quantitative estimate of drug-likeness (QED) is 0.522. The first-order valence-electron chi connectivity index (χ1n) is 5.70. The van der Waals surface area contributed by atoms with Crippen molar-refractivity contribution in [3.63, 3.8) is 0 Å². The Labute approximate surface area is 104 Å². The minimum Gasteiger partial charge on any atom is -0.462 e. The monoisotopic (exact) mass is 254 g/mol. The first-order chi connectivity index (χ1) is 8.47. The number of hydrogen-bond donors (Lipinski definition) is 0. The average molecular weight is 254 g/mol. The van der Waals surface area contributed by atoms with Crippen LogP contribution in [0.15, 0.2) is 11.6 Å². The molecule has 6 nitrogen and oxygen atoms in total. The Morgan fingerprint density at radius 2 is 1.94 bits per heavy atom. The molecule has 0 radical (unpaired) electrons. The molecule has 18 heavy (non-hydrogen) atoms. The molecular weight excluding hydrogens is 240 g/mol. The van der Waals surface area contributed by atoms with Crippen molar-refractivity contribution < 1.29 is 28.6 Å². The van der Waals surface area contributed by atoms with Crippen molar-refractivity contribution in [2.24, 2.45) is 5.92 Å². The minimum atomic E-state index is -0.719. The van der Waals surface area contributed by atoms with E-state index in [2.05, 4.69) is 0 Å². The van der Waals surface area contributed by atoms with Crippen molar-refractivity contribution in [1.29, 1.82) is 0 Å². The van der Waals surface area contributed by atoms with Crippen molar-refractivity contribution in [3.8, 4) is 0 Å². The number of cyclic esters (lactones) is 1. The first-order valence-corrected chi connectivity index (χ1v) is 5.70. The van der Waals surface area contributed by atoms with Gasteiger partial charge in [-0.1, -0.05) is 0 Å². The van der Waals surface area contributed by atoms with Gasteiger partial charge < -0.3 is 14.2 Å². The predicted octanol–water partition coefficient (Wildman–Crippen LogP) is 0.353. The van der Waals surface area contributed by atoms with E-state index in [0.717, 1.165) is 0 Å². The normalized spacial score (nSPS) is 30.0. The summed E-state index contributed by atoms with van der Waals surface area (Å²) >= 11 is 0. The summed E-state index contributed by atoms with van der Waals surface area (Å²) < 4.78 is 15.1. The topological polar surface area (TPSA) is 78.9 Å². The van der Waals surface area contributed by atoms with Crippen molar-refractivity contribution in [2.45, 2.75) is 32.5 Å². The molecule has 0 spiro atoms. The molecule has 1 aliphatic carbocycles. The average Bonchev–Trinajstić information content (AvgIpc) is 2.59. The molecule has 0 unspecified atom stereocenters. The Morgan fingerprint density at radius 1 is 1.28 bits per heavy atom. The van der Waals surface area contributed by atoms with E-state index in [1.165, 1.54) is 19.9 Å². The molecule has 0 N–H and O–H groups in total. The molecule has 2 rings (SSSR count). The standard InChI is InChI=1S/C12H14O6/c1-6(13)17-10-3-8-5-16-12(15)9(8)4-11(10)18-7(2)14/h4,8,10-11H,3,5H2,1-2H3/t8-,10+,11-/m0/s1. The second-order valence-electron chi connectivity index (χ2n) is 4.38. The van der Waals surface area contributed by atoms with Gasteiger partial charge in [-0.3, -0.25) is 9.59 Å². The van der Waals surface area contributed by atoms with Crippen molar-refractivity contribution in [2.75, 3.05) is 6.61 Å². The predicted molar refractivity (Wildman–Crippen MR) is 58.3 cm³/mol. The molecule has 0 saturated carbocycles. The summed E-state index contributed by atoms with van der Waals surface area (Å²) in [4.78, 5) is 33.5. The molecule has 0 bridgehead atoms. The van der Waals surface area contributed by atoms with E-state index < -0.39 is 30.1 Å². The van der Waals surface area contributed by atoms with Crippen LogP contribution in [0.25, 0.3) is 0 Å². The van der Waals surface area contributed by atoms with E-state index in [4.69, 9.17) is 14.2 Å². The van der Waals surface area contributed by atoms with Crippen molar-refractivity contribution >= 4 is 17.9 Å². The maximum absolute atomic E-state index is 11.4. The number of carbonyl (C=O) groups is 3. The SMILES string of the molecule is CC(=O)O[C@H]1C=C2C(=O)OC[C@@H]2C[C@H]1OC(C)=O. The highest BCUT2D eigenvalue weighted by atomic mass is 16.6. The Morgan fingerprint density at radius 3 is 2.56 bits per heavy atom. The Hall–Kier alpha value is -1.85. The van der Waals surface area contributed by atoms with E-state index in [0.29, 0.717) is 12.0 Å². The number of carbonyl (C=O) groups excluding carboxylic acids is 3. The summed E-state index contributed by atoms with van der Waals surface area (Å²) in [7, 11) is 0. The number of hydrogen-bond acceptors (Lipinski definition) is 6. The van der Waals surface area contributed by atoms with E-state index >= 15 is 0 Å². The van der Waals surface area contributed by atoms with Crippen LogP contribution in [0.5, 0.6) is 0 Å². The summed E-state index contributed by atoms with van der Waals surface area (Å²) in [5.74, 6) is -1.41. The number of ether oxygens (including phenoxy) is 3. The van der Waals surface area contributed by atoms with Gasteiger partial charge in [0.25, 0.3) is 0 Å². The largest absolute Gasteiger partial charge is 0.462 e. The van der Waals surface area contributed by atoms with E-state index in [9.17, 15) is 14.4 Å². The van der Waals surface area contributed by atoms with Gasteiger partial charge >= 0.3 is 17.9 Å². The first kappa shape index (κ1) is 12.6. The van der Waals surface area contributed by atoms with Crippen LogP contribution in [0.2, 0.25) is 0 Å². The molecule has 1 saturated heterocycles. The molecule has 1 heterocycles. The maximum atomic E-state index is 11.4. The molecule has 0 aromatic rings. The summed E-state index contributed by atoms with van der Waals surface area (Å²) in [5, 5.41) is 0.